The van der Waals surface area contributed by atoms with Gasteiger partial charge in [0.25, 0.3) is 0 Å². The second kappa shape index (κ2) is 5.16. The number of carboxylic acids is 1. The van der Waals surface area contributed by atoms with Gasteiger partial charge in [0.2, 0.25) is 0 Å². The molecule has 0 aliphatic carbocycles. The standard InChI is InChI=1S/C7H12ClNO2/c1-6(7(10)11)9(2)5-3-4-8/h3-4,6H,5H2,1-2H3,(H,10,11). The molecule has 0 amide bonds. The molecule has 0 aliphatic heterocycles. The van der Waals surface area contributed by atoms with Crippen molar-refractivity contribution < 1.29 is 9.90 Å². The quantitative estimate of drug-likeness (QED) is 0.700. The van der Waals surface area contributed by atoms with Crippen molar-refractivity contribution in [2.45, 2.75) is 13.0 Å². The lowest BCUT2D eigenvalue weighted by Crippen LogP contribution is -2.35. The largest absolute Gasteiger partial charge is 0.480 e. The lowest BCUT2D eigenvalue weighted by molar-refractivity contribution is -0.141. The molecule has 0 spiro atoms. The molecule has 0 fully saturated rings. The van der Waals surface area contributed by atoms with Gasteiger partial charge in [0.05, 0.1) is 0 Å². The van der Waals surface area contributed by atoms with E-state index in [0.717, 1.165) is 0 Å². The third-order valence-corrected chi connectivity index (χ3v) is 1.68. The van der Waals surface area contributed by atoms with Crippen LogP contribution in [0.15, 0.2) is 11.6 Å². The lowest BCUT2D eigenvalue weighted by atomic mass is 10.3. The molecule has 0 heterocycles. The molecule has 0 radical (unpaired) electrons. The Kier molecular flexibility index (Phi) is 4.90. The maximum Gasteiger partial charge on any atom is 0.320 e. The number of halogens is 1. The van der Waals surface area contributed by atoms with E-state index in [-0.39, 0.29) is 0 Å². The fourth-order valence-electron chi connectivity index (χ4n) is 0.553. The van der Waals surface area contributed by atoms with E-state index in [1.807, 2.05) is 0 Å². The SMILES string of the molecule is CC(C(=O)O)N(C)CC=CCl. The average Bonchev–Trinajstić information content (AvgIpc) is 1.98. The fourth-order valence-corrected chi connectivity index (χ4v) is 0.632. The minimum Gasteiger partial charge on any atom is -0.480 e. The highest BCUT2D eigenvalue weighted by Gasteiger charge is 2.14. The summed E-state index contributed by atoms with van der Waals surface area (Å²) in [5.74, 6) is -0.824. The molecule has 0 rings (SSSR count). The van der Waals surface area contributed by atoms with Gasteiger partial charge in [0.1, 0.15) is 6.04 Å². The summed E-state index contributed by atoms with van der Waals surface area (Å²) in [6.07, 6.45) is 1.70. The Bertz CT molecular complexity index is 159. The molecule has 0 aromatic heterocycles. The van der Waals surface area contributed by atoms with Crippen LogP contribution in [-0.2, 0) is 4.79 Å². The Hall–Kier alpha value is -0.540. The van der Waals surface area contributed by atoms with Crippen molar-refractivity contribution >= 4 is 17.6 Å². The Labute approximate surface area is 71.3 Å². The van der Waals surface area contributed by atoms with Gasteiger partial charge in [0.15, 0.2) is 0 Å². The third-order valence-electron chi connectivity index (χ3n) is 1.50. The number of hydrogen-bond donors (Lipinski definition) is 1. The predicted octanol–water partition coefficient (Wildman–Crippen LogP) is 1.14. The fraction of sp³-hybridized carbons (Fsp3) is 0.571. The Morgan fingerprint density at radius 3 is 2.73 bits per heavy atom. The first-order chi connectivity index (χ1) is 5.09. The number of carbonyl (C=O) groups is 1. The Morgan fingerprint density at radius 1 is 1.82 bits per heavy atom. The smallest absolute Gasteiger partial charge is 0.320 e. The molecule has 4 heteroatoms. The number of hydrogen-bond acceptors (Lipinski definition) is 2. The molecule has 11 heavy (non-hydrogen) atoms. The molecule has 1 unspecified atom stereocenters. The maximum absolute atomic E-state index is 10.4. The van der Waals surface area contributed by atoms with Crippen LogP contribution in [0.3, 0.4) is 0 Å². The number of likely N-dealkylation sites (N-methyl/N-ethyl adjacent to an activating group) is 1. The van der Waals surface area contributed by atoms with Crippen molar-refractivity contribution in [3.05, 3.63) is 11.6 Å². The van der Waals surface area contributed by atoms with E-state index < -0.39 is 12.0 Å². The third kappa shape index (κ3) is 4.01. The molecule has 3 nitrogen and oxygen atoms in total. The molecule has 0 aromatic carbocycles. The summed E-state index contributed by atoms with van der Waals surface area (Å²) in [7, 11) is 1.73. The van der Waals surface area contributed by atoms with Gasteiger partial charge in [-0.15, -0.1) is 0 Å². The van der Waals surface area contributed by atoms with E-state index in [1.54, 1.807) is 24.9 Å². The summed E-state index contributed by atoms with van der Waals surface area (Å²) >= 11 is 5.28. The van der Waals surface area contributed by atoms with Gasteiger partial charge in [0, 0.05) is 12.1 Å². The normalized spacial score (nSPS) is 14.2. The van der Waals surface area contributed by atoms with Gasteiger partial charge in [-0.05, 0) is 14.0 Å². The average molecular weight is 178 g/mol. The van der Waals surface area contributed by atoms with Crippen LogP contribution in [0.5, 0.6) is 0 Å². The molecule has 0 aromatic rings. The molecule has 1 N–H and O–H groups in total. The number of aliphatic carboxylic acids is 1. The zero-order valence-corrected chi connectivity index (χ0v) is 7.38. The van der Waals surface area contributed by atoms with Crippen LogP contribution in [0, 0.1) is 0 Å². The summed E-state index contributed by atoms with van der Waals surface area (Å²) in [6.45, 7) is 2.18. The molecule has 64 valence electrons. The minimum atomic E-state index is -0.824. The van der Waals surface area contributed by atoms with Crippen molar-refractivity contribution in [2.24, 2.45) is 0 Å². The summed E-state index contributed by atoms with van der Waals surface area (Å²) in [4.78, 5) is 12.1. The van der Waals surface area contributed by atoms with Crippen molar-refractivity contribution in [2.75, 3.05) is 13.6 Å². The molecule has 0 saturated carbocycles. The second-order valence-electron chi connectivity index (χ2n) is 2.32. The van der Waals surface area contributed by atoms with Crippen LogP contribution < -0.4 is 0 Å². The van der Waals surface area contributed by atoms with E-state index in [4.69, 9.17) is 16.7 Å². The summed E-state index contributed by atoms with van der Waals surface area (Å²) in [5, 5.41) is 8.55. The van der Waals surface area contributed by atoms with Gasteiger partial charge in [-0.3, -0.25) is 9.69 Å². The number of rotatable bonds is 4. The van der Waals surface area contributed by atoms with Crippen molar-refractivity contribution in [1.29, 1.82) is 0 Å². The number of nitrogens with zero attached hydrogens (tertiary/aromatic N) is 1. The van der Waals surface area contributed by atoms with Gasteiger partial charge in [-0.2, -0.15) is 0 Å². The van der Waals surface area contributed by atoms with E-state index in [1.165, 1.54) is 5.54 Å². The van der Waals surface area contributed by atoms with Crippen LogP contribution >= 0.6 is 11.6 Å². The van der Waals surface area contributed by atoms with Crippen LogP contribution in [0.2, 0.25) is 0 Å². The zero-order valence-electron chi connectivity index (χ0n) is 6.62. The van der Waals surface area contributed by atoms with Crippen molar-refractivity contribution in [3.63, 3.8) is 0 Å². The van der Waals surface area contributed by atoms with E-state index in [0.29, 0.717) is 6.54 Å². The predicted molar refractivity (Wildman–Crippen MR) is 44.7 cm³/mol. The highest BCUT2D eigenvalue weighted by atomic mass is 35.5. The Morgan fingerprint density at radius 2 is 2.36 bits per heavy atom. The molecule has 0 saturated heterocycles. The highest BCUT2D eigenvalue weighted by molar-refractivity contribution is 6.25. The molecular formula is C7H12ClNO2. The molecular weight excluding hydrogens is 166 g/mol. The monoisotopic (exact) mass is 177 g/mol. The highest BCUT2D eigenvalue weighted by Crippen LogP contribution is 1.95. The van der Waals surface area contributed by atoms with Crippen LogP contribution in [0.4, 0.5) is 0 Å². The lowest BCUT2D eigenvalue weighted by Gasteiger charge is -2.18. The van der Waals surface area contributed by atoms with Gasteiger partial charge < -0.3 is 5.11 Å². The second-order valence-corrected chi connectivity index (χ2v) is 2.57. The topological polar surface area (TPSA) is 40.5 Å². The van der Waals surface area contributed by atoms with E-state index in [9.17, 15) is 4.79 Å². The first-order valence-electron chi connectivity index (χ1n) is 3.28. The first-order valence-corrected chi connectivity index (χ1v) is 3.71. The van der Waals surface area contributed by atoms with E-state index in [2.05, 4.69) is 0 Å². The van der Waals surface area contributed by atoms with Crippen molar-refractivity contribution in [1.82, 2.24) is 4.90 Å². The summed E-state index contributed by atoms with van der Waals surface area (Å²) in [6, 6.07) is -0.470. The molecule has 1 atom stereocenters. The van der Waals surface area contributed by atoms with E-state index >= 15 is 0 Å². The van der Waals surface area contributed by atoms with Gasteiger partial charge >= 0.3 is 5.97 Å². The number of carboxylic acid groups (broad SMARTS) is 1. The zero-order chi connectivity index (χ0) is 8.85. The van der Waals surface area contributed by atoms with Gasteiger partial charge in [-0.1, -0.05) is 17.7 Å². The van der Waals surface area contributed by atoms with Gasteiger partial charge in [-0.25, -0.2) is 0 Å². The van der Waals surface area contributed by atoms with Crippen molar-refractivity contribution in [3.8, 4) is 0 Å². The summed E-state index contributed by atoms with van der Waals surface area (Å²) in [5.41, 5.74) is 1.38. The maximum atomic E-state index is 10.4. The molecule has 0 bridgehead atoms. The van der Waals surface area contributed by atoms with Crippen LogP contribution in [0.25, 0.3) is 0 Å². The Balaban J connectivity index is 3.82. The summed E-state index contributed by atoms with van der Waals surface area (Å²) < 4.78 is 0. The van der Waals surface area contributed by atoms with Crippen LogP contribution in [0.1, 0.15) is 6.92 Å². The van der Waals surface area contributed by atoms with Crippen LogP contribution in [-0.4, -0.2) is 35.6 Å². The first kappa shape index (κ1) is 10.5. The minimum absolute atomic E-state index is 0.470. The molecule has 0 aliphatic rings.